The smallest absolute Gasteiger partial charge is 0.230 e. The van der Waals surface area contributed by atoms with Gasteiger partial charge in [-0.25, -0.2) is 4.98 Å². The lowest BCUT2D eigenvalue weighted by Gasteiger charge is -2.18. The molecule has 104 valence electrons. The third-order valence-electron chi connectivity index (χ3n) is 3.85. The normalized spacial score (nSPS) is 30.4. The van der Waals surface area contributed by atoms with Crippen molar-refractivity contribution in [2.24, 2.45) is 11.8 Å². The van der Waals surface area contributed by atoms with Gasteiger partial charge < -0.3 is 10.1 Å². The van der Waals surface area contributed by atoms with Crippen molar-refractivity contribution in [1.29, 1.82) is 0 Å². The van der Waals surface area contributed by atoms with Gasteiger partial charge in [0.25, 0.3) is 0 Å². The second-order valence-corrected chi connectivity index (χ2v) is 6.00. The maximum absolute atomic E-state index is 12.4. The van der Waals surface area contributed by atoms with Gasteiger partial charge in [-0.15, -0.1) is 0 Å². The molecule has 1 saturated heterocycles. The van der Waals surface area contributed by atoms with Crippen LogP contribution < -0.4 is 5.32 Å². The van der Waals surface area contributed by atoms with Gasteiger partial charge in [-0.3, -0.25) is 4.79 Å². The molecule has 19 heavy (non-hydrogen) atoms. The number of pyridine rings is 1. The van der Waals surface area contributed by atoms with E-state index in [1.54, 1.807) is 0 Å². The largest absolute Gasteiger partial charge is 0.374 e. The molecule has 1 fully saturated rings. The lowest BCUT2D eigenvalue weighted by Crippen LogP contribution is -2.32. The molecule has 0 spiro atoms. The van der Waals surface area contributed by atoms with Crippen molar-refractivity contribution < 1.29 is 9.53 Å². The van der Waals surface area contributed by atoms with Gasteiger partial charge >= 0.3 is 0 Å². The average molecular weight is 327 g/mol. The van der Waals surface area contributed by atoms with Gasteiger partial charge in [-0.2, -0.15) is 0 Å². The molecule has 1 aliphatic heterocycles. The van der Waals surface area contributed by atoms with Gasteiger partial charge in [0.05, 0.1) is 29.5 Å². The highest BCUT2D eigenvalue weighted by atomic mass is 79.9. The molecular weight excluding hydrogens is 308 g/mol. The van der Waals surface area contributed by atoms with Crippen LogP contribution in [0.25, 0.3) is 0 Å². The highest BCUT2D eigenvalue weighted by Crippen LogP contribution is 2.33. The van der Waals surface area contributed by atoms with Gasteiger partial charge in [-0.05, 0) is 54.8 Å². The first kappa shape index (κ1) is 14.5. The summed E-state index contributed by atoms with van der Waals surface area (Å²) in [4.78, 5) is 16.7. The molecule has 1 aliphatic rings. The van der Waals surface area contributed by atoms with Crippen molar-refractivity contribution in [1.82, 2.24) is 4.98 Å². The number of aromatic nitrogens is 1. The standard InChI is InChI=1S/C14H19BrN2O2/c1-7-9(3)19-10(4)13(7)14(18)17-11-5-6-12(15)16-8(11)2/h5-7,9-10,13H,1-4H3,(H,17,18). The van der Waals surface area contributed by atoms with E-state index in [0.29, 0.717) is 0 Å². The molecule has 1 N–H and O–H groups in total. The van der Waals surface area contributed by atoms with E-state index < -0.39 is 0 Å². The fraction of sp³-hybridized carbons (Fsp3) is 0.571. The Morgan fingerprint density at radius 2 is 2.00 bits per heavy atom. The highest BCUT2D eigenvalue weighted by molar-refractivity contribution is 9.10. The van der Waals surface area contributed by atoms with Crippen molar-refractivity contribution in [2.75, 3.05) is 5.32 Å². The number of nitrogens with zero attached hydrogens (tertiary/aromatic N) is 1. The molecule has 5 heteroatoms. The first-order valence-corrected chi connectivity index (χ1v) is 7.29. The predicted molar refractivity (Wildman–Crippen MR) is 78.0 cm³/mol. The Balaban J connectivity index is 2.13. The zero-order valence-corrected chi connectivity index (χ0v) is 13.2. The van der Waals surface area contributed by atoms with Crippen LogP contribution in [0.1, 0.15) is 26.5 Å². The number of anilines is 1. The number of halogens is 1. The molecule has 1 aromatic rings. The molecule has 1 aromatic heterocycles. The predicted octanol–water partition coefficient (Wildman–Crippen LogP) is 3.15. The first-order valence-electron chi connectivity index (χ1n) is 6.49. The SMILES string of the molecule is Cc1nc(Br)ccc1NC(=O)C1C(C)OC(C)C1C. The number of nitrogens with one attached hydrogen (secondary N) is 1. The Hall–Kier alpha value is -0.940. The topological polar surface area (TPSA) is 51.2 Å². The third-order valence-corrected chi connectivity index (χ3v) is 4.30. The van der Waals surface area contributed by atoms with Gasteiger partial charge in [-0.1, -0.05) is 6.92 Å². The molecular formula is C14H19BrN2O2. The summed E-state index contributed by atoms with van der Waals surface area (Å²) in [6, 6.07) is 3.68. The van der Waals surface area contributed by atoms with Gasteiger partial charge in [0.15, 0.2) is 0 Å². The minimum absolute atomic E-state index is 0.0107. The van der Waals surface area contributed by atoms with Crippen LogP contribution in [0.4, 0.5) is 5.69 Å². The Morgan fingerprint density at radius 1 is 1.32 bits per heavy atom. The van der Waals surface area contributed by atoms with E-state index in [1.165, 1.54) is 0 Å². The molecule has 0 saturated carbocycles. The maximum atomic E-state index is 12.4. The summed E-state index contributed by atoms with van der Waals surface area (Å²) in [6.07, 6.45) is 0.0728. The van der Waals surface area contributed by atoms with E-state index in [0.717, 1.165) is 16.0 Å². The van der Waals surface area contributed by atoms with E-state index in [-0.39, 0.29) is 30.0 Å². The minimum atomic E-state index is -0.113. The van der Waals surface area contributed by atoms with Gasteiger partial charge in [0.1, 0.15) is 4.60 Å². The zero-order valence-electron chi connectivity index (χ0n) is 11.6. The second-order valence-electron chi connectivity index (χ2n) is 5.19. The number of aryl methyl sites for hydroxylation is 1. The van der Waals surface area contributed by atoms with E-state index in [2.05, 4.69) is 33.2 Å². The van der Waals surface area contributed by atoms with Crippen molar-refractivity contribution in [3.05, 3.63) is 22.4 Å². The van der Waals surface area contributed by atoms with Crippen LogP contribution in [-0.4, -0.2) is 23.1 Å². The lowest BCUT2D eigenvalue weighted by molar-refractivity contribution is -0.121. The molecule has 0 bridgehead atoms. The van der Waals surface area contributed by atoms with Crippen LogP contribution in [0.3, 0.4) is 0 Å². The number of carbonyl (C=O) groups is 1. The molecule has 0 aliphatic carbocycles. The summed E-state index contributed by atoms with van der Waals surface area (Å²) in [7, 11) is 0. The van der Waals surface area contributed by atoms with Crippen LogP contribution in [0.5, 0.6) is 0 Å². The van der Waals surface area contributed by atoms with Crippen LogP contribution in [-0.2, 0) is 9.53 Å². The highest BCUT2D eigenvalue weighted by Gasteiger charge is 2.41. The number of rotatable bonds is 2. The molecule has 4 nitrogen and oxygen atoms in total. The van der Waals surface area contributed by atoms with E-state index >= 15 is 0 Å². The van der Waals surface area contributed by atoms with Crippen molar-refractivity contribution in [3.63, 3.8) is 0 Å². The first-order chi connectivity index (χ1) is 8.90. The average Bonchev–Trinajstić information content (AvgIpc) is 2.57. The minimum Gasteiger partial charge on any atom is -0.374 e. The quantitative estimate of drug-likeness (QED) is 0.849. The molecule has 2 heterocycles. The number of hydrogen-bond donors (Lipinski definition) is 1. The van der Waals surface area contributed by atoms with E-state index in [1.807, 2.05) is 32.9 Å². The van der Waals surface area contributed by atoms with Crippen molar-refractivity contribution >= 4 is 27.5 Å². The van der Waals surface area contributed by atoms with Gasteiger partial charge in [0, 0.05) is 0 Å². The summed E-state index contributed by atoms with van der Waals surface area (Å²) in [6.45, 7) is 7.91. The van der Waals surface area contributed by atoms with E-state index in [9.17, 15) is 4.79 Å². The van der Waals surface area contributed by atoms with Gasteiger partial charge in [0.2, 0.25) is 5.91 Å². The Bertz CT molecular complexity index is 492. The van der Waals surface area contributed by atoms with Crippen LogP contribution in [0, 0.1) is 18.8 Å². The molecule has 4 atom stereocenters. The number of hydrogen-bond acceptors (Lipinski definition) is 3. The summed E-state index contributed by atoms with van der Waals surface area (Å²) >= 11 is 3.31. The van der Waals surface area contributed by atoms with Crippen LogP contribution in [0.15, 0.2) is 16.7 Å². The fourth-order valence-corrected chi connectivity index (χ4v) is 3.00. The van der Waals surface area contributed by atoms with Crippen LogP contribution in [0.2, 0.25) is 0 Å². The molecule has 2 rings (SSSR count). The molecule has 0 radical (unpaired) electrons. The molecule has 1 amide bonds. The summed E-state index contributed by atoms with van der Waals surface area (Å²) < 4.78 is 6.48. The maximum Gasteiger partial charge on any atom is 0.230 e. The Morgan fingerprint density at radius 3 is 2.53 bits per heavy atom. The molecule has 4 unspecified atom stereocenters. The zero-order chi connectivity index (χ0) is 14.2. The third kappa shape index (κ3) is 2.98. The number of amides is 1. The Labute approximate surface area is 122 Å². The number of ether oxygens (including phenoxy) is 1. The summed E-state index contributed by atoms with van der Waals surface area (Å²) in [5, 5.41) is 2.96. The monoisotopic (exact) mass is 326 g/mol. The second kappa shape index (κ2) is 5.59. The molecule has 0 aromatic carbocycles. The van der Waals surface area contributed by atoms with Crippen molar-refractivity contribution in [3.8, 4) is 0 Å². The Kier molecular flexibility index (Phi) is 4.26. The summed E-state index contributed by atoms with van der Waals surface area (Å²) in [5.41, 5.74) is 1.56. The fourth-order valence-electron chi connectivity index (χ4n) is 2.60. The van der Waals surface area contributed by atoms with E-state index in [4.69, 9.17) is 4.74 Å². The lowest BCUT2D eigenvalue weighted by atomic mass is 9.89. The summed E-state index contributed by atoms with van der Waals surface area (Å²) in [5.74, 6) is 0.119. The number of carbonyl (C=O) groups excluding carboxylic acids is 1. The van der Waals surface area contributed by atoms with Crippen LogP contribution >= 0.6 is 15.9 Å². The van der Waals surface area contributed by atoms with Crippen molar-refractivity contribution in [2.45, 2.75) is 39.9 Å².